The van der Waals surface area contributed by atoms with Gasteiger partial charge in [-0.15, -0.1) is 0 Å². The lowest BCUT2D eigenvalue weighted by Gasteiger charge is -2.55. The van der Waals surface area contributed by atoms with Crippen molar-refractivity contribution in [2.24, 2.45) is 0 Å². The molecule has 4 bridgehead atoms. The first-order valence-corrected chi connectivity index (χ1v) is 49.3. The summed E-state index contributed by atoms with van der Waals surface area (Å²) < 4.78 is 103. The van der Waals surface area contributed by atoms with Gasteiger partial charge >= 0.3 is 75.3 Å². The Kier molecular flexibility index (Phi) is 24.2. The molecular weight excluding hydrogens is 1140 g/mol. The van der Waals surface area contributed by atoms with Gasteiger partial charge < -0.3 is 74.9 Å². The summed E-state index contributed by atoms with van der Waals surface area (Å²) in [4.78, 5) is 12.8. The number of benzene rings is 3. The summed E-state index contributed by atoms with van der Waals surface area (Å²) in [5, 5.41) is 2.84. The van der Waals surface area contributed by atoms with E-state index in [0.29, 0.717) is 63.6 Å². The molecule has 432 valence electrons. The molecule has 3 aromatic carbocycles. The van der Waals surface area contributed by atoms with Gasteiger partial charge in [-0.25, -0.2) is 4.79 Å². The maximum atomic E-state index is 12.8. The third kappa shape index (κ3) is 22.6. The van der Waals surface area contributed by atoms with Crippen molar-refractivity contribution in [2.45, 2.75) is 149 Å². The van der Waals surface area contributed by atoms with Crippen molar-refractivity contribution in [3.8, 4) is 28.4 Å². The third-order valence-electron chi connectivity index (χ3n) is 12.2. The van der Waals surface area contributed by atoms with Crippen LogP contribution in [0.1, 0.15) is 63.9 Å². The number of carbonyl (C=O) groups excluding carboxylic acids is 1. The first-order valence-electron chi connectivity index (χ1n) is 27.6. The molecule has 3 saturated heterocycles. The highest BCUT2D eigenvalue weighted by molar-refractivity contribution is 7.02. The molecule has 1 amide bonds. The van der Waals surface area contributed by atoms with Crippen LogP contribution in [-0.2, 0) is 62.0 Å². The third-order valence-corrected chi connectivity index (χ3v) is 50.3. The summed E-state index contributed by atoms with van der Waals surface area (Å²) in [5.74, 6) is 2.40. The maximum Gasteiger partial charge on any atom is 0.642 e. The fraction of sp³-hybridized carbons (Fsp3) is 0.620. The molecule has 4 atom stereocenters. The number of carbonyl (C=O) groups is 1. The van der Waals surface area contributed by atoms with Gasteiger partial charge in [0.05, 0.1) is 33.0 Å². The highest BCUT2D eigenvalue weighted by atomic mass is 28.6. The van der Waals surface area contributed by atoms with E-state index in [1.54, 1.807) is 0 Å². The summed E-state index contributed by atoms with van der Waals surface area (Å²) in [6.07, 6.45) is 9.80. The summed E-state index contributed by atoms with van der Waals surface area (Å²) in [6.45, 7) is 27.8. The number of amides is 1. The normalized spacial score (nSPS) is 25.6. The molecule has 0 aliphatic carbocycles. The van der Waals surface area contributed by atoms with Crippen molar-refractivity contribution in [1.82, 2.24) is 5.32 Å². The number of fused-ring (bicyclic) bond motifs is 4. The quantitative estimate of drug-likeness (QED) is 0.0512. The van der Waals surface area contributed by atoms with E-state index in [-0.39, 0.29) is 6.61 Å². The van der Waals surface area contributed by atoms with Crippen molar-refractivity contribution in [2.75, 3.05) is 52.8 Å². The van der Waals surface area contributed by atoms with E-state index < -0.39 is 85.1 Å². The number of ether oxygens (including phenoxy) is 6. The van der Waals surface area contributed by atoms with E-state index in [4.69, 9.17) is 69.6 Å². The van der Waals surface area contributed by atoms with Crippen molar-refractivity contribution in [1.29, 1.82) is 0 Å². The average molecular weight is 1230 g/mol. The van der Waals surface area contributed by atoms with Crippen LogP contribution in [0.4, 0.5) is 4.79 Å². The highest BCUT2D eigenvalue weighted by Gasteiger charge is 2.70. The molecule has 77 heavy (non-hydrogen) atoms. The van der Waals surface area contributed by atoms with Gasteiger partial charge in [-0.1, -0.05) is 88.3 Å². The molecule has 4 unspecified atom stereocenters. The smallest absolute Gasteiger partial charge is 0.494 e. The van der Waals surface area contributed by atoms with Crippen molar-refractivity contribution < 1.29 is 74.4 Å². The minimum atomic E-state index is -4.03. The van der Waals surface area contributed by atoms with E-state index in [9.17, 15) is 4.79 Å². The van der Waals surface area contributed by atoms with E-state index in [1.807, 2.05) is 121 Å². The second-order valence-corrected chi connectivity index (χ2v) is 51.5. The molecule has 0 spiro atoms. The molecule has 3 aliphatic rings. The minimum absolute atomic E-state index is 0.0950. The lowest BCUT2D eigenvalue weighted by molar-refractivity contribution is 0.0273. The molecule has 0 aromatic heterocycles. The van der Waals surface area contributed by atoms with Crippen LogP contribution in [0.25, 0.3) is 11.1 Å². The molecule has 1 N–H and O–H groups in total. The summed E-state index contributed by atoms with van der Waals surface area (Å²) in [5.41, 5.74) is 3.51. The van der Waals surface area contributed by atoms with Crippen LogP contribution in [0.15, 0.2) is 72.8 Å². The van der Waals surface area contributed by atoms with Gasteiger partial charge in [0.2, 0.25) is 0 Å². The molecule has 3 aromatic rings. The van der Waals surface area contributed by atoms with Gasteiger partial charge in [0, 0.05) is 18.8 Å². The predicted molar refractivity (Wildman–Crippen MR) is 317 cm³/mol. The molecule has 3 heterocycles. The number of rotatable bonds is 29. The fourth-order valence-corrected chi connectivity index (χ4v) is 59.9. The maximum absolute atomic E-state index is 12.8. The second-order valence-electron chi connectivity index (χ2n) is 22.0. The largest absolute Gasteiger partial charge is 0.642 e. The zero-order valence-electron chi connectivity index (χ0n) is 48.0. The van der Waals surface area contributed by atoms with E-state index in [0.717, 1.165) is 41.2 Å². The summed E-state index contributed by atoms with van der Waals surface area (Å²) in [7, 11) is -26.5. The molecule has 0 radical (unpaired) electrons. The molecule has 3 fully saturated rings. The van der Waals surface area contributed by atoms with Gasteiger partial charge in [-0.3, -0.25) is 0 Å². The Morgan fingerprint density at radius 2 is 0.948 bits per heavy atom. The first-order chi connectivity index (χ1) is 36.4. The van der Waals surface area contributed by atoms with Gasteiger partial charge in [0.1, 0.15) is 37.1 Å². The van der Waals surface area contributed by atoms with Crippen molar-refractivity contribution in [3.05, 3.63) is 78.4 Å². The Morgan fingerprint density at radius 1 is 0.494 bits per heavy atom. The number of unbranched alkanes of at least 4 members (excludes halogenated alkanes) is 7. The van der Waals surface area contributed by atoms with Crippen LogP contribution < -0.4 is 19.5 Å². The first kappa shape index (κ1) is 64.0. The van der Waals surface area contributed by atoms with Crippen molar-refractivity contribution >= 4 is 85.1 Å². The second kappa shape index (κ2) is 29.2. The molecule has 0 saturated carbocycles. The Labute approximate surface area is 470 Å². The lowest BCUT2D eigenvalue weighted by atomic mass is 10.1. The molecule has 18 nitrogen and oxygen atoms in total. The molecular formula is C50H89NO17Si9. The van der Waals surface area contributed by atoms with Crippen LogP contribution in [0.5, 0.6) is 17.2 Å². The van der Waals surface area contributed by atoms with Gasteiger partial charge in [-0.05, 0) is 131 Å². The van der Waals surface area contributed by atoms with E-state index >= 15 is 0 Å². The zero-order valence-corrected chi connectivity index (χ0v) is 57.4. The predicted octanol–water partition coefficient (Wildman–Crippen LogP) is 10.8. The standard InChI is InChI=1S/C50H89NO17Si9/c1-13-14-15-16-17-18-19-20-34-55-48-29-23-45(24-30-48)46-25-31-49(32-26-46)57-40-38-54-36-35-53-37-39-56-47-27-21-44(22-28-47)42-58-50(52)51-33-41-69-59-77-65-73(8,9)61-71(4,5)63-75(11,67-77)43-74(10)62-70(2,3)60-72(6,7)64-76(12,66-74)68-77/h21-32H,13-20,33-43,69H2,1-12H3,(H,51,52). The monoisotopic (exact) mass is 1230 g/mol. The molecule has 3 aliphatic heterocycles. The molecule has 27 heteroatoms. The number of hydrogen-bond donors (Lipinski definition) is 1. The number of nitrogens with one attached hydrogen (secondary N) is 1. The minimum Gasteiger partial charge on any atom is -0.494 e. The highest BCUT2D eigenvalue weighted by Crippen LogP contribution is 2.43. The van der Waals surface area contributed by atoms with Crippen LogP contribution in [-0.4, -0.2) is 138 Å². The summed E-state index contributed by atoms with van der Waals surface area (Å²) in [6, 6.07) is 24.3. The number of alkyl carbamates (subject to hydrolysis) is 1. The van der Waals surface area contributed by atoms with Gasteiger partial charge in [-0.2, -0.15) is 0 Å². The average Bonchev–Trinajstić information content (AvgIpc) is 3.37. The Morgan fingerprint density at radius 3 is 1.49 bits per heavy atom. The van der Waals surface area contributed by atoms with Gasteiger partial charge in [0.25, 0.3) is 0 Å². The lowest BCUT2D eigenvalue weighted by Crippen LogP contribution is -2.78. The van der Waals surface area contributed by atoms with Crippen molar-refractivity contribution in [3.63, 3.8) is 0 Å². The zero-order chi connectivity index (χ0) is 55.7. The number of hydrogen-bond acceptors (Lipinski definition) is 17. The van der Waals surface area contributed by atoms with E-state index in [1.165, 1.54) is 44.9 Å². The fourth-order valence-electron chi connectivity index (χ4n) is 9.93. The molecule has 6 rings (SSSR count). The SMILES string of the molecule is CCCCCCCCCCOc1ccc(-c2ccc(OCCOCCOCCOc3ccc(COC(=O)NCC[SiH2]O[Si]45O[Si](C)(C)O[Si](C)(C)O[Si](C)(C[Si]6(C)O[Si](C)(C)O[Si](C)(C)O[Si](C)(O6)O4)O5)cc3)cc2)cc1. The van der Waals surface area contributed by atoms with Crippen LogP contribution in [0, 0.1) is 0 Å². The Hall–Kier alpha value is -2.20. The van der Waals surface area contributed by atoms with Gasteiger partial charge in [0.15, 0.2) is 9.76 Å². The topological polar surface area (TPSA) is 177 Å². The summed E-state index contributed by atoms with van der Waals surface area (Å²) >= 11 is 0. The van der Waals surface area contributed by atoms with Crippen LogP contribution in [0.2, 0.25) is 83.7 Å². The van der Waals surface area contributed by atoms with Crippen LogP contribution in [0.3, 0.4) is 0 Å². The van der Waals surface area contributed by atoms with E-state index in [2.05, 4.69) is 36.5 Å². The Balaban J connectivity index is 0.820. The Bertz CT molecular complexity index is 2250. The van der Waals surface area contributed by atoms with Crippen LogP contribution >= 0.6 is 0 Å².